The monoisotopic (exact) mass is 489 g/mol. The molecule has 0 radical (unpaired) electrons. The van der Waals surface area contributed by atoms with Gasteiger partial charge in [0.15, 0.2) is 11.5 Å². The molecule has 1 atom stereocenters. The van der Waals surface area contributed by atoms with Crippen LogP contribution in [-0.2, 0) is 11.3 Å². The molecule has 184 valence electrons. The summed E-state index contributed by atoms with van der Waals surface area (Å²) in [5, 5.41) is 8.94. The quantitative estimate of drug-likeness (QED) is 0.344. The zero-order valence-electron chi connectivity index (χ0n) is 20.8. The first-order valence-electron chi connectivity index (χ1n) is 12.8. The first kappa shape index (κ1) is 22.0. The number of carbonyl (C=O) groups excluding carboxylic acids is 1. The predicted molar refractivity (Wildman–Crippen MR) is 142 cm³/mol. The van der Waals surface area contributed by atoms with E-state index in [1.807, 2.05) is 36.1 Å². The van der Waals surface area contributed by atoms with Gasteiger partial charge in [0.1, 0.15) is 5.82 Å². The molecule has 0 aliphatic carbocycles. The summed E-state index contributed by atoms with van der Waals surface area (Å²) < 4.78 is 4.33. The summed E-state index contributed by atoms with van der Waals surface area (Å²) in [5.74, 6) is 2.24. The van der Waals surface area contributed by atoms with Gasteiger partial charge in [-0.3, -0.25) is 9.36 Å². The summed E-state index contributed by atoms with van der Waals surface area (Å²) in [6.07, 6.45) is 4.04. The third-order valence-corrected chi connectivity index (χ3v) is 7.91. The topological polar surface area (TPSA) is 63.6 Å². The van der Waals surface area contributed by atoms with Crippen LogP contribution in [0.3, 0.4) is 0 Å². The molecule has 1 amide bonds. The molecule has 0 N–H and O–H groups in total. The van der Waals surface area contributed by atoms with Crippen molar-refractivity contribution in [3.8, 4) is 28.3 Å². The maximum absolute atomic E-state index is 13.0. The standard InChI is InChI=1S/C29H27N7O/c1-19-31-32-29-27-14-22(21-4-6-24(30-2)7-5-21)17-34(27)18-23-13-25(8-9-26(23)36(19)29)35-16-20(12-28(35)37)15-33-10-3-11-33/h4-9,13-14,17,20H,3,10-12,15-16,18H2,1H3/t20-/m1/s1. The highest BCUT2D eigenvalue weighted by Crippen LogP contribution is 2.37. The summed E-state index contributed by atoms with van der Waals surface area (Å²) in [6.45, 7) is 14.0. The molecule has 2 aromatic heterocycles. The summed E-state index contributed by atoms with van der Waals surface area (Å²) in [4.78, 5) is 20.9. The van der Waals surface area contributed by atoms with Crippen molar-refractivity contribution in [2.24, 2.45) is 5.92 Å². The van der Waals surface area contributed by atoms with Crippen LogP contribution in [0.4, 0.5) is 11.4 Å². The van der Waals surface area contributed by atoms with Crippen LogP contribution >= 0.6 is 0 Å². The summed E-state index contributed by atoms with van der Waals surface area (Å²) in [5.41, 5.74) is 6.90. The van der Waals surface area contributed by atoms with Gasteiger partial charge in [-0.05, 0) is 67.7 Å². The first-order chi connectivity index (χ1) is 18.1. The van der Waals surface area contributed by atoms with Crippen molar-refractivity contribution in [1.82, 2.24) is 24.2 Å². The number of benzene rings is 2. The van der Waals surface area contributed by atoms with E-state index in [0.29, 0.717) is 24.6 Å². The van der Waals surface area contributed by atoms with Crippen LogP contribution in [-0.4, -0.2) is 56.3 Å². The van der Waals surface area contributed by atoms with E-state index in [0.717, 1.165) is 71.6 Å². The molecule has 8 nitrogen and oxygen atoms in total. The van der Waals surface area contributed by atoms with Gasteiger partial charge in [-0.1, -0.05) is 24.3 Å². The molecule has 3 aliphatic rings. The van der Waals surface area contributed by atoms with Crippen LogP contribution < -0.4 is 4.90 Å². The van der Waals surface area contributed by atoms with E-state index in [1.165, 1.54) is 6.42 Å². The number of anilines is 1. The number of hydrogen-bond donors (Lipinski definition) is 0. The number of rotatable bonds is 4. The SMILES string of the molecule is [C-]#[N+]c1ccc(-c2cc3n(c2)Cc2cc(N4C[C@@H](CN5CCC5)CC4=O)ccc2-n2c(C)nnc2-3)cc1. The number of amides is 1. The Bertz CT molecular complexity index is 1570. The number of hydrogen-bond acceptors (Lipinski definition) is 4. The van der Waals surface area contributed by atoms with E-state index in [9.17, 15) is 4.79 Å². The fraction of sp³-hybridized carbons (Fsp3) is 0.310. The summed E-state index contributed by atoms with van der Waals surface area (Å²) in [7, 11) is 0. The Morgan fingerprint density at radius 1 is 1.05 bits per heavy atom. The van der Waals surface area contributed by atoms with Gasteiger partial charge >= 0.3 is 0 Å². The minimum Gasteiger partial charge on any atom is -0.340 e. The highest BCUT2D eigenvalue weighted by atomic mass is 16.2. The molecule has 4 aromatic rings. The minimum absolute atomic E-state index is 0.215. The lowest BCUT2D eigenvalue weighted by molar-refractivity contribution is -0.117. The molecule has 0 unspecified atom stereocenters. The van der Waals surface area contributed by atoms with Crippen molar-refractivity contribution in [2.75, 3.05) is 31.1 Å². The lowest BCUT2D eigenvalue weighted by Gasteiger charge is -2.32. The van der Waals surface area contributed by atoms with E-state index >= 15 is 0 Å². The molecule has 0 bridgehead atoms. The van der Waals surface area contributed by atoms with Gasteiger partial charge in [0.25, 0.3) is 0 Å². The van der Waals surface area contributed by atoms with Gasteiger partial charge in [0.2, 0.25) is 5.91 Å². The first-order valence-corrected chi connectivity index (χ1v) is 12.8. The molecular formula is C29H27N7O. The third-order valence-electron chi connectivity index (χ3n) is 7.91. The van der Waals surface area contributed by atoms with Gasteiger partial charge in [-0.2, -0.15) is 0 Å². The molecule has 7 rings (SSSR count). The smallest absolute Gasteiger partial charge is 0.227 e. The van der Waals surface area contributed by atoms with Crippen molar-refractivity contribution in [3.05, 3.63) is 77.5 Å². The van der Waals surface area contributed by atoms with Gasteiger partial charge in [-0.25, -0.2) is 4.85 Å². The predicted octanol–water partition coefficient (Wildman–Crippen LogP) is 4.68. The van der Waals surface area contributed by atoms with E-state index in [2.05, 4.69) is 59.5 Å². The van der Waals surface area contributed by atoms with Gasteiger partial charge in [0, 0.05) is 43.5 Å². The van der Waals surface area contributed by atoms with Crippen molar-refractivity contribution in [2.45, 2.75) is 26.3 Å². The average Bonchev–Trinajstić information content (AvgIpc) is 3.56. The maximum Gasteiger partial charge on any atom is 0.227 e. The molecule has 37 heavy (non-hydrogen) atoms. The van der Waals surface area contributed by atoms with Crippen molar-refractivity contribution >= 4 is 17.3 Å². The van der Waals surface area contributed by atoms with E-state index in [4.69, 9.17) is 6.57 Å². The van der Waals surface area contributed by atoms with Crippen LogP contribution in [0, 0.1) is 19.4 Å². The number of aryl methyl sites for hydroxylation is 1. The van der Waals surface area contributed by atoms with Gasteiger partial charge in [0.05, 0.1) is 18.0 Å². The number of fused-ring (bicyclic) bond motifs is 5. The molecule has 2 fully saturated rings. The molecular weight excluding hydrogens is 462 g/mol. The van der Waals surface area contributed by atoms with E-state index in [-0.39, 0.29) is 5.91 Å². The van der Waals surface area contributed by atoms with E-state index in [1.54, 1.807) is 0 Å². The molecule has 0 spiro atoms. The third kappa shape index (κ3) is 3.66. The van der Waals surface area contributed by atoms with Crippen molar-refractivity contribution < 1.29 is 4.79 Å². The van der Waals surface area contributed by atoms with Crippen molar-refractivity contribution in [1.29, 1.82) is 0 Å². The molecule has 5 heterocycles. The number of carbonyl (C=O) groups is 1. The molecule has 3 aliphatic heterocycles. The Morgan fingerprint density at radius 3 is 2.65 bits per heavy atom. The highest BCUT2D eigenvalue weighted by molar-refractivity contribution is 5.96. The fourth-order valence-electron chi connectivity index (χ4n) is 5.88. The van der Waals surface area contributed by atoms with Crippen LogP contribution in [0.1, 0.15) is 24.2 Å². The Balaban J connectivity index is 1.26. The van der Waals surface area contributed by atoms with E-state index < -0.39 is 0 Å². The number of aromatic nitrogens is 4. The average molecular weight is 490 g/mol. The normalized spacial score (nSPS) is 18.5. The zero-order chi connectivity index (χ0) is 25.1. The molecule has 8 heteroatoms. The molecule has 2 saturated heterocycles. The van der Waals surface area contributed by atoms with Crippen LogP contribution in [0.25, 0.3) is 33.2 Å². The Labute approximate surface area is 215 Å². The molecule has 2 aromatic carbocycles. The lowest BCUT2D eigenvalue weighted by atomic mass is 10.1. The second kappa shape index (κ2) is 8.43. The second-order valence-electron chi connectivity index (χ2n) is 10.3. The minimum atomic E-state index is 0.215. The summed E-state index contributed by atoms with van der Waals surface area (Å²) >= 11 is 0. The highest BCUT2D eigenvalue weighted by Gasteiger charge is 2.33. The lowest BCUT2D eigenvalue weighted by Crippen LogP contribution is -2.41. The van der Waals surface area contributed by atoms with Gasteiger partial charge in [-0.15, -0.1) is 10.2 Å². The Kier molecular flexibility index (Phi) is 5.01. The van der Waals surface area contributed by atoms with Crippen LogP contribution in [0.15, 0.2) is 54.7 Å². The molecule has 0 saturated carbocycles. The van der Waals surface area contributed by atoms with Crippen LogP contribution in [0.5, 0.6) is 0 Å². The van der Waals surface area contributed by atoms with Crippen molar-refractivity contribution in [3.63, 3.8) is 0 Å². The maximum atomic E-state index is 13.0. The zero-order valence-corrected chi connectivity index (χ0v) is 20.8. The number of nitrogens with zero attached hydrogens (tertiary/aromatic N) is 7. The fourth-order valence-corrected chi connectivity index (χ4v) is 5.88. The number of likely N-dealkylation sites (tertiary alicyclic amines) is 1. The Hall–Kier alpha value is -4.22. The summed E-state index contributed by atoms with van der Waals surface area (Å²) in [6, 6.07) is 16.2. The van der Waals surface area contributed by atoms with Gasteiger partial charge < -0.3 is 14.4 Å². The van der Waals surface area contributed by atoms with Crippen LogP contribution in [0.2, 0.25) is 0 Å². The largest absolute Gasteiger partial charge is 0.340 e. The second-order valence-corrected chi connectivity index (χ2v) is 10.3. The Morgan fingerprint density at radius 2 is 1.89 bits per heavy atom.